The van der Waals surface area contributed by atoms with Crippen LogP contribution in [0.15, 0.2) is 59.6 Å². The van der Waals surface area contributed by atoms with E-state index < -0.39 is 21.4 Å². The Kier molecular flexibility index (Phi) is 6.94. The third-order valence-corrected chi connectivity index (χ3v) is 6.03. The second kappa shape index (κ2) is 9.05. The van der Waals surface area contributed by atoms with Crippen molar-refractivity contribution in [2.45, 2.75) is 24.3 Å². The molecule has 2 aromatic carbocycles. The second-order valence-electron chi connectivity index (χ2n) is 7.25. The van der Waals surface area contributed by atoms with Crippen LogP contribution in [0.5, 0.6) is 0 Å². The number of nitrogens with zero attached hydrogens (tertiary/aromatic N) is 5. The van der Waals surface area contributed by atoms with Gasteiger partial charge in [-0.05, 0) is 50.2 Å². The Morgan fingerprint density at radius 2 is 1.91 bits per heavy atom. The fourth-order valence-corrected chi connectivity index (χ4v) is 4.20. The zero-order valence-electron chi connectivity index (χ0n) is 17.4. The number of halogens is 2. The number of benzene rings is 2. The van der Waals surface area contributed by atoms with Crippen molar-refractivity contribution in [3.05, 3.63) is 75.9 Å². The minimum Gasteiger partial charge on any atom is -0.571 e. The van der Waals surface area contributed by atoms with Gasteiger partial charge in [-0.25, -0.2) is 22.5 Å². The molecule has 4 rings (SSSR count). The topological polar surface area (TPSA) is 112 Å². The average molecular weight is 484 g/mol. The summed E-state index contributed by atoms with van der Waals surface area (Å²) in [5.74, 6) is -0.853. The molecule has 8 nitrogen and oxygen atoms in total. The van der Waals surface area contributed by atoms with E-state index in [9.17, 15) is 17.9 Å². The number of hydrogen-bond acceptors (Lipinski definition) is 6. The minimum absolute atomic E-state index is 0. The summed E-state index contributed by atoms with van der Waals surface area (Å²) >= 11 is 6.11. The smallest absolute Gasteiger partial charge is 0.571 e. The third kappa shape index (κ3) is 4.80. The average Bonchev–Trinajstić information content (AvgIpc) is 3.12. The van der Waals surface area contributed by atoms with Crippen LogP contribution in [0.25, 0.3) is 21.6 Å². The van der Waals surface area contributed by atoms with E-state index in [0.717, 1.165) is 6.07 Å². The Morgan fingerprint density at radius 1 is 1.16 bits per heavy atom. The summed E-state index contributed by atoms with van der Waals surface area (Å²) in [5.41, 5.74) is -0.304. The zero-order valence-corrected chi connectivity index (χ0v) is 20.9. The molecule has 2 aromatic heterocycles. The van der Waals surface area contributed by atoms with E-state index in [-0.39, 0.29) is 51.4 Å². The van der Waals surface area contributed by atoms with Gasteiger partial charge in [0, 0.05) is 16.8 Å². The maximum absolute atomic E-state index is 14.4. The standard InChI is InChI=1S/C20H16ClFN5O3S.Na/c1-20(2,28)14-7-6-13(11-15(14)22)31(29,30)25-16-8-5-12(21)10-18(16)27-17-4-3-9-23-19(17)24-26-27;/h3-11,28H,1-2H3;/q-1;+1. The molecule has 0 aliphatic heterocycles. The molecule has 0 spiro atoms. The molecule has 2 heterocycles. The predicted octanol–water partition coefficient (Wildman–Crippen LogP) is 1.23. The summed E-state index contributed by atoms with van der Waals surface area (Å²) in [5, 5.41) is 18.3. The van der Waals surface area contributed by atoms with Crippen LogP contribution in [0.4, 0.5) is 10.1 Å². The Bertz CT molecular complexity index is 1410. The molecule has 0 fully saturated rings. The fraction of sp³-hybridized carbons (Fsp3) is 0.150. The molecule has 32 heavy (non-hydrogen) atoms. The van der Waals surface area contributed by atoms with E-state index in [1.54, 1.807) is 18.3 Å². The first-order valence-corrected chi connectivity index (χ1v) is 10.8. The van der Waals surface area contributed by atoms with Crippen LogP contribution in [-0.4, -0.2) is 33.5 Å². The summed E-state index contributed by atoms with van der Waals surface area (Å²) in [4.78, 5) is 3.74. The summed E-state index contributed by atoms with van der Waals surface area (Å²) in [6.45, 7) is 2.81. The van der Waals surface area contributed by atoms with Crippen LogP contribution in [0, 0.1) is 5.82 Å². The van der Waals surface area contributed by atoms with Gasteiger partial charge < -0.3 is 9.83 Å². The Hall–Kier alpha value is -2.08. The van der Waals surface area contributed by atoms with Gasteiger partial charge in [-0.15, -0.1) is 10.8 Å². The van der Waals surface area contributed by atoms with E-state index in [4.69, 9.17) is 11.6 Å². The van der Waals surface area contributed by atoms with E-state index in [0.29, 0.717) is 16.2 Å². The molecule has 0 aliphatic carbocycles. The number of sulfonamides is 1. The van der Waals surface area contributed by atoms with Gasteiger partial charge >= 0.3 is 29.6 Å². The maximum Gasteiger partial charge on any atom is 1.00 e. The van der Waals surface area contributed by atoms with Gasteiger partial charge in [-0.3, -0.25) is 0 Å². The van der Waals surface area contributed by atoms with Crippen LogP contribution in [0.2, 0.25) is 5.02 Å². The van der Waals surface area contributed by atoms with Gasteiger partial charge in [0.05, 0.1) is 16.2 Å². The van der Waals surface area contributed by atoms with E-state index >= 15 is 0 Å². The molecular weight excluding hydrogens is 468 g/mol. The molecule has 12 heteroatoms. The van der Waals surface area contributed by atoms with Gasteiger partial charge in [0.2, 0.25) is 5.65 Å². The van der Waals surface area contributed by atoms with Gasteiger partial charge in [-0.2, -0.15) is 0 Å². The first-order chi connectivity index (χ1) is 14.6. The Labute approximate surface area is 210 Å². The molecule has 0 saturated heterocycles. The molecule has 0 saturated carbocycles. The number of fused-ring (bicyclic) bond motifs is 1. The van der Waals surface area contributed by atoms with Crippen molar-refractivity contribution in [3.63, 3.8) is 0 Å². The van der Waals surface area contributed by atoms with Crippen molar-refractivity contribution in [1.82, 2.24) is 20.0 Å². The van der Waals surface area contributed by atoms with Crippen molar-refractivity contribution >= 4 is 38.5 Å². The quantitative estimate of drug-likeness (QED) is 0.427. The van der Waals surface area contributed by atoms with Crippen LogP contribution in [0.1, 0.15) is 19.4 Å². The van der Waals surface area contributed by atoms with Gasteiger partial charge in [-0.1, -0.05) is 28.9 Å². The van der Waals surface area contributed by atoms with Crippen LogP contribution in [-0.2, 0) is 15.6 Å². The fourth-order valence-electron chi connectivity index (χ4n) is 3.02. The number of rotatable bonds is 5. The first kappa shape index (κ1) is 24.6. The molecule has 0 aliphatic rings. The molecule has 0 unspecified atom stereocenters. The molecule has 1 N–H and O–H groups in total. The molecule has 0 bridgehead atoms. The second-order valence-corrected chi connectivity index (χ2v) is 9.29. The normalized spacial score (nSPS) is 11.9. The van der Waals surface area contributed by atoms with Gasteiger partial charge in [0.15, 0.2) is 0 Å². The number of pyridine rings is 1. The summed E-state index contributed by atoms with van der Waals surface area (Å²) < 4.78 is 45.5. The zero-order chi connectivity index (χ0) is 22.4. The van der Waals surface area contributed by atoms with Crippen LogP contribution >= 0.6 is 11.6 Å². The van der Waals surface area contributed by atoms with Crippen molar-refractivity contribution in [2.24, 2.45) is 0 Å². The summed E-state index contributed by atoms with van der Waals surface area (Å²) in [7, 11) is -4.29. The van der Waals surface area contributed by atoms with E-state index in [2.05, 4.69) is 20.0 Å². The van der Waals surface area contributed by atoms with Crippen molar-refractivity contribution in [1.29, 1.82) is 0 Å². The monoisotopic (exact) mass is 483 g/mol. The van der Waals surface area contributed by atoms with E-state index in [1.165, 1.54) is 48.9 Å². The Balaban J connectivity index is 0.00000289. The molecule has 0 radical (unpaired) electrons. The molecule has 0 atom stereocenters. The maximum atomic E-state index is 14.4. The molecule has 160 valence electrons. The van der Waals surface area contributed by atoms with Gasteiger partial charge in [0.25, 0.3) is 0 Å². The minimum atomic E-state index is -4.29. The molecule has 0 amide bonds. The number of hydrogen-bond donors (Lipinski definition) is 1. The van der Waals surface area contributed by atoms with Crippen molar-refractivity contribution < 1.29 is 47.5 Å². The molecule has 4 aromatic rings. The number of aliphatic hydroxyl groups is 1. The largest absolute Gasteiger partial charge is 1.00 e. The van der Waals surface area contributed by atoms with Gasteiger partial charge in [0.1, 0.15) is 21.4 Å². The van der Waals surface area contributed by atoms with Crippen LogP contribution in [0.3, 0.4) is 0 Å². The SMILES string of the molecule is CC(C)(O)c1ccc(S(=O)(=O)[N-]c2ccc(Cl)cc2-n2nnc3ncccc32)cc1F.[Na+]. The van der Waals surface area contributed by atoms with Crippen molar-refractivity contribution in [3.8, 4) is 5.69 Å². The predicted molar refractivity (Wildman–Crippen MR) is 114 cm³/mol. The third-order valence-electron chi connectivity index (χ3n) is 4.50. The van der Waals surface area contributed by atoms with E-state index in [1.807, 2.05) is 0 Å². The summed E-state index contributed by atoms with van der Waals surface area (Å²) in [6.07, 6.45) is 1.56. The molecular formula is C20H16ClFN5NaO3S. The summed E-state index contributed by atoms with van der Waals surface area (Å²) in [6, 6.07) is 11.0. The van der Waals surface area contributed by atoms with Crippen molar-refractivity contribution in [2.75, 3.05) is 0 Å². The number of aromatic nitrogens is 4. The van der Waals surface area contributed by atoms with Crippen LogP contribution < -0.4 is 29.6 Å². The Morgan fingerprint density at radius 3 is 2.59 bits per heavy atom. The first-order valence-electron chi connectivity index (χ1n) is 9.03.